The number of nitrogens with one attached hydrogen (secondary N) is 1. The monoisotopic (exact) mass is 447 g/mol. The quantitative estimate of drug-likeness (QED) is 0.426. The van der Waals surface area contributed by atoms with Gasteiger partial charge in [-0.05, 0) is 70.9 Å². The van der Waals surface area contributed by atoms with E-state index in [0.29, 0.717) is 18.2 Å². The number of carbonyl (C=O) groups is 1. The molecule has 3 rings (SSSR count). The van der Waals surface area contributed by atoms with Crippen molar-refractivity contribution in [3.05, 3.63) is 23.2 Å². The van der Waals surface area contributed by atoms with E-state index in [4.69, 9.17) is 21.7 Å². The highest BCUT2D eigenvalue weighted by molar-refractivity contribution is 6.28. The Morgan fingerprint density at radius 1 is 1.39 bits per heavy atom. The number of carbonyl (C=O) groups excluding carboxylic acids is 1. The van der Waals surface area contributed by atoms with Crippen LogP contribution in [0.2, 0.25) is 5.28 Å². The number of ether oxygens (including phenoxy) is 1. The number of fused-ring (bicyclic) bond motifs is 1. The van der Waals surface area contributed by atoms with Crippen molar-refractivity contribution < 1.29 is 9.53 Å². The molecule has 1 aliphatic carbocycles. The zero-order valence-electron chi connectivity index (χ0n) is 19.2. The van der Waals surface area contributed by atoms with Gasteiger partial charge in [0.15, 0.2) is 0 Å². The minimum Gasteiger partial charge on any atom is -0.444 e. The van der Waals surface area contributed by atoms with Crippen LogP contribution in [0.25, 0.3) is 11.0 Å². The number of amides is 1. The first kappa shape index (κ1) is 23.5. The average Bonchev–Trinajstić information content (AvgIpc) is 3.27. The van der Waals surface area contributed by atoms with Gasteiger partial charge in [0, 0.05) is 48.2 Å². The van der Waals surface area contributed by atoms with Crippen LogP contribution < -0.4 is 0 Å². The molecule has 0 radical (unpaired) electrons. The number of aromatic nitrogens is 3. The number of rotatable bonds is 7. The second kappa shape index (κ2) is 9.55. The van der Waals surface area contributed by atoms with Gasteiger partial charge in [-0.15, -0.1) is 0 Å². The number of halogens is 1. The molecular weight excluding hydrogens is 414 g/mol. The summed E-state index contributed by atoms with van der Waals surface area (Å²) in [6.07, 6.45) is 8.48. The summed E-state index contributed by atoms with van der Waals surface area (Å²) in [5, 5.41) is 9.18. The Balaban J connectivity index is 1.76. The SMILES string of the molecule is CCCCN(C[C@@H]1CC[C@H](n2cc(C(C)=N)c3cnc(Cl)nc32)C1)C(=O)OC(C)(C)C. The minimum absolute atomic E-state index is 0.214. The van der Waals surface area contributed by atoms with Crippen molar-refractivity contribution in [2.75, 3.05) is 13.1 Å². The Morgan fingerprint density at radius 3 is 2.77 bits per heavy atom. The van der Waals surface area contributed by atoms with Gasteiger partial charge in [0.25, 0.3) is 0 Å². The van der Waals surface area contributed by atoms with Crippen LogP contribution >= 0.6 is 11.6 Å². The van der Waals surface area contributed by atoms with Gasteiger partial charge < -0.3 is 19.6 Å². The number of unbranched alkanes of at least 4 members (excludes halogenated alkanes) is 1. The summed E-state index contributed by atoms with van der Waals surface area (Å²) in [6, 6.07) is 0.262. The third-order valence-corrected chi connectivity index (χ3v) is 5.95. The Kier molecular flexibility index (Phi) is 7.24. The van der Waals surface area contributed by atoms with Crippen molar-refractivity contribution in [3.63, 3.8) is 0 Å². The molecule has 0 spiro atoms. The Hall–Kier alpha value is -2.15. The van der Waals surface area contributed by atoms with Crippen LogP contribution in [0.1, 0.15) is 78.3 Å². The molecule has 0 aromatic carbocycles. The molecule has 8 heteroatoms. The minimum atomic E-state index is -0.496. The van der Waals surface area contributed by atoms with Gasteiger partial charge >= 0.3 is 6.09 Å². The topological polar surface area (TPSA) is 84.1 Å². The molecule has 7 nitrogen and oxygen atoms in total. The maximum Gasteiger partial charge on any atom is 0.410 e. The largest absolute Gasteiger partial charge is 0.444 e. The summed E-state index contributed by atoms with van der Waals surface area (Å²) in [7, 11) is 0. The molecule has 170 valence electrons. The zero-order valence-corrected chi connectivity index (χ0v) is 20.0. The molecule has 1 amide bonds. The predicted octanol–water partition coefficient (Wildman–Crippen LogP) is 5.85. The summed E-state index contributed by atoms with van der Waals surface area (Å²) in [6.45, 7) is 11.0. The van der Waals surface area contributed by atoms with Gasteiger partial charge in [0.2, 0.25) is 5.28 Å². The molecule has 2 aromatic rings. The van der Waals surface area contributed by atoms with Gasteiger partial charge in [-0.3, -0.25) is 0 Å². The van der Waals surface area contributed by atoms with Crippen LogP contribution in [-0.2, 0) is 4.74 Å². The lowest BCUT2D eigenvalue weighted by atomic mass is 10.1. The zero-order chi connectivity index (χ0) is 22.8. The fourth-order valence-corrected chi connectivity index (χ4v) is 4.43. The van der Waals surface area contributed by atoms with Crippen molar-refractivity contribution in [3.8, 4) is 0 Å². The second-order valence-electron chi connectivity index (χ2n) is 9.56. The van der Waals surface area contributed by atoms with E-state index in [2.05, 4.69) is 21.5 Å². The van der Waals surface area contributed by atoms with Crippen LogP contribution in [0.15, 0.2) is 12.4 Å². The number of hydrogen-bond donors (Lipinski definition) is 1. The third-order valence-electron chi connectivity index (χ3n) is 5.76. The van der Waals surface area contributed by atoms with E-state index in [1.54, 1.807) is 13.1 Å². The van der Waals surface area contributed by atoms with Gasteiger partial charge in [0.05, 0.1) is 0 Å². The Morgan fingerprint density at radius 2 is 2.13 bits per heavy atom. The first-order valence-electron chi connectivity index (χ1n) is 11.2. The molecule has 0 bridgehead atoms. The molecule has 1 N–H and O–H groups in total. The molecular formula is C23H34ClN5O2. The summed E-state index contributed by atoms with van der Waals surface area (Å²) in [5.74, 6) is 0.397. The molecule has 0 aliphatic heterocycles. The predicted molar refractivity (Wildman–Crippen MR) is 124 cm³/mol. The number of hydrogen-bond acceptors (Lipinski definition) is 5. The maximum absolute atomic E-state index is 12.7. The maximum atomic E-state index is 12.7. The van der Waals surface area contributed by atoms with E-state index in [-0.39, 0.29) is 17.4 Å². The standard InChI is InChI=1S/C23H34ClN5O2/c1-6-7-10-28(22(30)31-23(3,4)5)13-16-8-9-17(11-16)29-14-19(15(2)25)18-12-26-21(24)27-20(18)29/h12,14,16-17,25H,6-11,13H2,1-5H3/t16-,17+/m1/s1. The first-order chi connectivity index (χ1) is 14.6. The molecule has 1 saturated carbocycles. The molecule has 2 aromatic heterocycles. The van der Waals surface area contributed by atoms with E-state index >= 15 is 0 Å². The molecule has 2 atom stereocenters. The van der Waals surface area contributed by atoms with Crippen molar-refractivity contribution in [2.24, 2.45) is 5.92 Å². The smallest absolute Gasteiger partial charge is 0.410 e. The first-order valence-corrected chi connectivity index (χ1v) is 11.5. The molecule has 2 heterocycles. The van der Waals surface area contributed by atoms with E-state index < -0.39 is 5.60 Å². The highest BCUT2D eigenvalue weighted by atomic mass is 35.5. The molecule has 1 fully saturated rings. The fraction of sp³-hybridized carbons (Fsp3) is 0.652. The molecule has 0 unspecified atom stereocenters. The van der Waals surface area contributed by atoms with E-state index in [1.807, 2.05) is 31.9 Å². The summed E-state index contributed by atoms with van der Waals surface area (Å²) < 4.78 is 7.80. The highest BCUT2D eigenvalue weighted by Gasteiger charge is 2.31. The lowest BCUT2D eigenvalue weighted by molar-refractivity contribution is 0.0218. The molecule has 31 heavy (non-hydrogen) atoms. The van der Waals surface area contributed by atoms with Crippen LogP contribution in [0.5, 0.6) is 0 Å². The van der Waals surface area contributed by atoms with Gasteiger partial charge in [-0.2, -0.15) is 4.98 Å². The second-order valence-corrected chi connectivity index (χ2v) is 9.90. The van der Waals surface area contributed by atoms with E-state index in [0.717, 1.165) is 55.2 Å². The van der Waals surface area contributed by atoms with Crippen molar-refractivity contribution in [1.82, 2.24) is 19.4 Å². The average molecular weight is 448 g/mol. The van der Waals surface area contributed by atoms with E-state index in [1.165, 1.54) is 0 Å². The third kappa shape index (κ3) is 5.76. The lowest BCUT2D eigenvalue weighted by Crippen LogP contribution is -2.39. The van der Waals surface area contributed by atoms with Crippen LogP contribution in [0.4, 0.5) is 4.79 Å². The fourth-order valence-electron chi connectivity index (χ4n) is 4.30. The molecule has 0 saturated heterocycles. The summed E-state index contributed by atoms with van der Waals surface area (Å²) in [4.78, 5) is 23.2. The van der Waals surface area contributed by atoms with Gasteiger partial charge in [-0.1, -0.05) is 13.3 Å². The van der Waals surface area contributed by atoms with Crippen LogP contribution in [0, 0.1) is 11.3 Å². The Labute approximate surface area is 189 Å². The van der Waals surface area contributed by atoms with Crippen molar-refractivity contribution in [2.45, 2.75) is 78.4 Å². The van der Waals surface area contributed by atoms with Gasteiger partial charge in [-0.25, -0.2) is 9.78 Å². The van der Waals surface area contributed by atoms with Crippen molar-refractivity contribution >= 4 is 34.4 Å². The lowest BCUT2D eigenvalue weighted by Gasteiger charge is -2.29. The normalized spacial score (nSPS) is 19.0. The van der Waals surface area contributed by atoms with Crippen LogP contribution in [-0.4, -0.2) is 49.9 Å². The summed E-state index contributed by atoms with van der Waals surface area (Å²) >= 11 is 6.07. The Bertz CT molecular complexity index is 949. The van der Waals surface area contributed by atoms with E-state index in [9.17, 15) is 4.79 Å². The summed E-state index contributed by atoms with van der Waals surface area (Å²) in [5.41, 5.74) is 1.61. The molecule has 1 aliphatic rings. The van der Waals surface area contributed by atoms with Crippen molar-refractivity contribution in [1.29, 1.82) is 5.41 Å². The highest BCUT2D eigenvalue weighted by Crippen LogP contribution is 2.38. The van der Waals surface area contributed by atoms with Gasteiger partial charge in [0.1, 0.15) is 11.2 Å². The van der Waals surface area contributed by atoms with Crippen LogP contribution in [0.3, 0.4) is 0 Å². The number of nitrogens with zero attached hydrogens (tertiary/aromatic N) is 4.